The molecule has 2 aromatic heterocycles. The fourth-order valence-corrected chi connectivity index (χ4v) is 2.98. The third kappa shape index (κ3) is 2.56. The molecule has 3 rings (SSSR count). The number of amides is 1. The van der Waals surface area contributed by atoms with Crippen molar-refractivity contribution >= 4 is 23.2 Å². The molecular weight excluding hydrogens is 290 g/mol. The molecule has 0 spiro atoms. The quantitative estimate of drug-likeness (QED) is 0.788. The summed E-state index contributed by atoms with van der Waals surface area (Å²) in [5, 5.41) is 20.7. The van der Waals surface area contributed by atoms with Gasteiger partial charge < -0.3 is 10.4 Å². The lowest BCUT2D eigenvalue weighted by atomic mass is 9.96. The molecule has 2 heterocycles. The Labute approximate surface area is 125 Å². The Morgan fingerprint density at radius 2 is 2.29 bits per heavy atom. The highest BCUT2D eigenvalue weighted by Crippen LogP contribution is 2.39. The van der Waals surface area contributed by atoms with Crippen LogP contribution < -0.4 is 5.32 Å². The number of carbonyl (C=O) groups is 2. The zero-order chi connectivity index (χ0) is 15.0. The molecule has 2 aromatic rings. The molecule has 1 amide bonds. The molecule has 21 heavy (non-hydrogen) atoms. The van der Waals surface area contributed by atoms with Gasteiger partial charge in [0.05, 0.1) is 10.6 Å². The van der Waals surface area contributed by atoms with Gasteiger partial charge in [-0.3, -0.25) is 9.89 Å². The number of carbonyl (C=O) groups excluding carboxylic acids is 1. The van der Waals surface area contributed by atoms with E-state index in [9.17, 15) is 14.7 Å². The predicted octanol–water partition coefficient (Wildman–Crippen LogP) is 2.12. The van der Waals surface area contributed by atoms with Crippen molar-refractivity contribution in [3.8, 4) is 10.6 Å². The van der Waals surface area contributed by atoms with E-state index in [4.69, 9.17) is 0 Å². The Hall–Kier alpha value is -2.15. The van der Waals surface area contributed by atoms with Gasteiger partial charge in [0.2, 0.25) is 0 Å². The van der Waals surface area contributed by atoms with Crippen molar-refractivity contribution < 1.29 is 14.7 Å². The van der Waals surface area contributed by atoms with Crippen LogP contribution in [0.2, 0.25) is 0 Å². The first kappa shape index (κ1) is 13.8. The summed E-state index contributed by atoms with van der Waals surface area (Å²) in [5.41, 5.74) is -0.274. The van der Waals surface area contributed by atoms with E-state index >= 15 is 0 Å². The van der Waals surface area contributed by atoms with Gasteiger partial charge in [0, 0.05) is 0 Å². The number of hydrogen-bond donors (Lipinski definition) is 3. The summed E-state index contributed by atoms with van der Waals surface area (Å²) >= 11 is 1.54. The van der Waals surface area contributed by atoms with Crippen molar-refractivity contribution in [1.29, 1.82) is 0 Å². The fourth-order valence-electron chi connectivity index (χ4n) is 2.29. The maximum absolute atomic E-state index is 12.2. The summed E-state index contributed by atoms with van der Waals surface area (Å²) in [5.74, 6) is -1.48. The van der Waals surface area contributed by atoms with E-state index in [1.54, 1.807) is 13.0 Å². The Bertz CT molecular complexity index is 675. The lowest BCUT2D eigenvalue weighted by Crippen LogP contribution is -2.54. The second kappa shape index (κ2) is 5.00. The highest BCUT2D eigenvalue weighted by atomic mass is 32.1. The molecule has 6 nitrogen and oxygen atoms in total. The van der Waals surface area contributed by atoms with E-state index in [0.717, 1.165) is 23.4 Å². The number of nitrogens with zero attached hydrogens (tertiary/aromatic N) is 1. The van der Waals surface area contributed by atoms with Gasteiger partial charge in [0.1, 0.15) is 5.54 Å². The molecule has 7 heteroatoms. The maximum Gasteiger partial charge on any atom is 0.329 e. The van der Waals surface area contributed by atoms with Gasteiger partial charge >= 0.3 is 5.97 Å². The molecule has 1 fully saturated rings. The van der Waals surface area contributed by atoms with E-state index < -0.39 is 17.4 Å². The van der Waals surface area contributed by atoms with Crippen LogP contribution in [0.4, 0.5) is 0 Å². The molecule has 1 saturated carbocycles. The molecule has 3 N–H and O–H groups in total. The molecule has 1 aliphatic rings. The minimum Gasteiger partial charge on any atom is -0.480 e. The molecule has 0 saturated heterocycles. The van der Waals surface area contributed by atoms with E-state index in [1.165, 1.54) is 11.3 Å². The summed E-state index contributed by atoms with van der Waals surface area (Å²) in [6.07, 6.45) is 1.65. The van der Waals surface area contributed by atoms with Crippen molar-refractivity contribution in [1.82, 2.24) is 15.5 Å². The number of nitrogens with one attached hydrogen (secondary N) is 2. The van der Waals surface area contributed by atoms with Gasteiger partial charge in [-0.25, -0.2) is 4.79 Å². The third-order valence-electron chi connectivity index (χ3n) is 3.81. The van der Waals surface area contributed by atoms with E-state index in [2.05, 4.69) is 15.5 Å². The highest BCUT2D eigenvalue weighted by Gasteiger charge is 2.48. The molecule has 0 radical (unpaired) electrons. The van der Waals surface area contributed by atoms with Crippen molar-refractivity contribution in [3.05, 3.63) is 29.3 Å². The van der Waals surface area contributed by atoms with Crippen molar-refractivity contribution in [2.24, 2.45) is 5.92 Å². The summed E-state index contributed by atoms with van der Waals surface area (Å²) in [4.78, 5) is 24.6. The highest BCUT2D eigenvalue weighted by molar-refractivity contribution is 7.13. The summed E-state index contributed by atoms with van der Waals surface area (Å²) in [7, 11) is 0. The van der Waals surface area contributed by atoms with Crippen molar-refractivity contribution in [2.45, 2.75) is 25.3 Å². The van der Waals surface area contributed by atoms with Gasteiger partial charge in [-0.2, -0.15) is 5.10 Å². The fraction of sp³-hybridized carbons (Fsp3) is 0.357. The number of H-pyrrole nitrogens is 1. The summed E-state index contributed by atoms with van der Waals surface area (Å²) in [6.45, 7) is 1.55. The van der Waals surface area contributed by atoms with Crippen LogP contribution in [0.15, 0.2) is 23.6 Å². The number of thiophene rings is 1. The van der Waals surface area contributed by atoms with Crippen molar-refractivity contribution in [3.63, 3.8) is 0 Å². The summed E-state index contributed by atoms with van der Waals surface area (Å²) < 4.78 is 0. The smallest absolute Gasteiger partial charge is 0.329 e. The molecule has 1 atom stereocenters. The zero-order valence-corrected chi connectivity index (χ0v) is 12.2. The number of aromatic amines is 1. The number of hydrogen-bond acceptors (Lipinski definition) is 4. The van der Waals surface area contributed by atoms with Gasteiger partial charge in [-0.1, -0.05) is 6.07 Å². The van der Waals surface area contributed by atoms with Crippen LogP contribution in [-0.2, 0) is 4.79 Å². The minimum absolute atomic E-state index is 0.00495. The third-order valence-corrected chi connectivity index (χ3v) is 4.71. The standard InChI is InChI=1S/C14H15N3O3S/c1-14(13(19)20,8-4-5-8)15-12(18)10-7-9(16-17-10)11-3-2-6-21-11/h2-3,6-8H,4-5H2,1H3,(H,15,18)(H,16,17)(H,19,20)/t14-/m1/s1. The van der Waals surface area contributed by atoms with Crippen LogP contribution in [0.1, 0.15) is 30.3 Å². The second-order valence-corrected chi connectivity index (χ2v) is 6.33. The average molecular weight is 305 g/mol. The van der Waals surface area contributed by atoms with E-state index in [-0.39, 0.29) is 11.6 Å². The average Bonchev–Trinajstić information content (AvgIpc) is 2.97. The van der Waals surface area contributed by atoms with E-state index in [1.807, 2.05) is 17.5 Å². The zero-order valence-electron chi connectivity index (χ0n) is 11.4. The Morgan fingerprint density at radius 3 is 2.86 bits per heavy atom. The Morgan fingerprint density at radius 1 is 1.52 bits per heavy atom. The van der Waals surface area contributed by atoms with Gasteiger partial charge in [-0.05, 0) is 43.2 Å². The van der Waals surface area contributed by atoms with Crippen LogP contribution in [0, 0.1) is 5.92 Å². The number of rotatable bonds is 5. The molecule has 1 aliphatic carbocycles. The monoisotopic (exact) mass is 305 g/mol. The molecule has 0 aromatic carbocycles. The molecule has 0 bridgehead atoms. The Balaban J connectivity index is 1.78. The first-order valence-corrected chi connectivity index (χ1v) is 7.54. The molecular formula is C14H15N3O3S. The lowest BCUT2D eigenvalue weighted by molar-refractivity contribution is -0.144. The van der Waals surface area contributed by atoms with E-state index in [0.29, 0.717) is 0 Å². The molecule has 110 valence electrons. The maximum atomic E-state index is 12.2. The lowest BCUT2D eigenvalue weighted by Gasteiger charge is -2.25. The molecule has 0 unspecified atom stereocenters. The first-order chi connectivity index (χ1) is 10.0. The van der Waals surface area contributed by atoms with Gasteiger partial charge in [0.25, 0.3) is 5.91 Å². The summed E-state index contributed by atoms with van der Waals surface area (Å²) in [6, 6.07) is 5.47. The van der Waals surface area contributed by atoms with Crippen LogP contribution >= 0.6 is 11.3 Å². The first-order valence-electron chi connectivity index (χ1n) is 6.66. The van der Waals surface area contributed by atoms with Crippen molar-refractivity contribution in [2.75, 3.05) is 0 Å². The van der Waals surface area contributed by atoms with Gasteiger partial charge in [0.15, 0.2) is 5.69 Å². The SMILES string of the molecule is C[C@](NC(=O)c1cc(-c2cccs2)[nH]n1)(C(=O)O)C1CC1. The largest absolute Gasteiger partial charge is 0.480 e. The Kier molecular flexibility index (Phi) is 3.29. The van der Waals surface area contributed by atoms with Crippen LogP contribution in [-0.4, -0.2) is 32.7 Å². The van der Waals surface area contributed by atoms with Crippen LogP contribution in [0.5, 0.6) is 0 Å². The number of carboxylic acids is 1. The van der Waals surface area contributed by atoms with Crippen LogP contribution in [0.25, 0.3) is 10.6 Å². The van der Waals surface area contributed by atoms with Gasteiger partial charge in [-0.15, -0.1) is 11.3 Å². The number of aromatic nitrogens is 2. The topological polar surface area (TPSA) is 95.1 Å². The normalized spacial score (nSPS) is 17.2. The predicted molar refractivity (Wildman–Crippen MR) is 78.1 cm³/mol. The minimum atomic E-state index is -1.22. The second-order valence-electron chi connectivity index (χ2n) is 5.38. The number of carboxylic acid groups (broad SMARTS) is 1. The number of aliphatic carboxylic acids is 1. The molecule has 0 aliphatic heterocycles. The van der Waals surface area contributed by atoms with Crippen LogP contribution in [0.3, 0.4) is 0 Å².